The molecule has 0 aromatic heterocycles. The van der Waals surface area contributed by atoms with Crippen LogP contribution in [-0.4, -0.2) is 24.8 Å². The first kappa shape index (κ1) is 12.8. The molecule has 0 unspecified atom stereocenters. The van der Waals surface area contributed by atoms with Crippen molar-refractivity contribution >= 4 is 5.78 Å². The van der Waals surface area contributed by atoms with E-state index in [0.717, 1.165) is 18.2 Å². The van der Waals surface area contributed by atoms with Crippen molar-refractivity contribution in [2.75, 3.05) is 14.1 Å². The van der Waals surface area contributed by atoms with Gasteiger partial charge in [0.05, 0.1) is 5.56 Å². The minimum Gasteiger partial charge on any atom is -0.382 e. The number of hydrogen-bond acceptors (Lipinski definition) is 3. The third-order valence-corrected chi connectivity index (χ3v) is 1.93. The van der Waals surface area contributed by atoms with E-state index in [9.17, 15) is 13.6 Å². The van der Waals surface area contributed by atoms with Gasteiger partial charge in [0, 0.05) is 20.3 Å². The van der Waals surface area contributed by atoms with Gasteiger partial charge in [-0.2, -0.15) is 5.26 Å². The largest absolute Gasteiger partial charge is 0.382 e. The first-order chi connectivity index (χ1) is 7.95. The van der Waals surface area contributed by atoms with Crippen LogP contribution in [0, 0.1) is 23.0 Å². The second kappa shape index (κ2) is 5.21. The topological polar surface area (TPSA) is 44.1 Å². The quantitative estimate of drug-likeness (QED) is 0.458. The van der Waals surface area contributed by atoms with Crippen LogP contribution < -0.4 is 0 Å². The summed E-state index contributed by atoms with van der Waals surface area (Å²) < 4.78 is 26.2. The maximum absolute atomic E-state index is 13.3. The number of carbonyl (C=O) groups is 1. The maximum Gasteiger partial charge on any atom is 0.208 e. The molecule has 0 spiro atoms. The number of Topliss-reactive ketones (excluding diaryl/α,β-unsaturated/α-hetero) is 1. The van der Waals surface area contributed by atoms with Gasteiger partial charge >= 0.3 is 0 Å². The van der Waals surface area contributed by atoms with E-state index in [1.807, 2.05) is 0 Å². The molecule has 0 amide bonds. The highest BCUT2D eigenvalue weighted by Crippen LogP contribution is 2.14. The summed E-state index contributed by atoms with van der Waals surface area (Å²) in [5, 5.41) is 8.78. The van der Waals surface area contributed by atoms with E-state index >= 15 is 0 Å². The Morgan fingerprint density at radius 1 is 1.41 bits per heavy atom. The molecule has 1 aromatic carbocycles. The SMILES string of the molecule is CN(C)/C=C(/C#N)C(=O)c1cc(F)ccc1F. The number of ketones is 1. The number of halogens is 2. The fraction of sp³-hybridized carbons (Fsp3) is 0.167. The number of carbonyl (C=O) groups excluding carboxylic acids is 1. The minimum atomic E-state index is -0.851. The zero-order valence-electron chi connectivity index (χ0n) is 9.37. The normalized spacial score (nSPS) is 10.9. The third kappa shape index (κ3) is 3.11. The van der Waals surface area contributed by atoms with Crippen LogP contribution in [0.15, 0.2) is 30.0 Å². The lowest BCUT2D eigenvalue weighted by atomic mass is 10.0. The van der Waals surface area contributed by atoms with Crippen molar-refractivity contribution < 1.29 is 13.6 Å². The number of rotatable bonds is 3. The van der Waals surface area contributed by atoms with Crippen molar-refractivity contribution in [3.63, 3.8) is 0 Å². The van der Waals surface area contributed by atoms with Gasteiger partial charge in [0.15, 0.2) is 0 Å². The van der Waals surface area contributed by atoms with E-state index in [4.69, 9.17) is 5.26 Å². The van der Waals surface area contributed by atoms with Crippen LogP contribution in [0.1, 0.15) is 10.4 Å². The zero-order chi connectivity index (χ0) is 13.0. The highest BCUT2D eigenvalue weighted by atomic mass is 19.1. The highest BCUT2D eigenvalue weighted by Gasteiger charge is 2.17. The molecular weight excluding hydrogens is 226 g/mol. The standard InChI is InChI=1S/C12H10F2N2O/c1-16(2)7-8(6-15)12(17)10-5-9(13)3-4-11(10)14/h3-5,7H,1-2H3/b8-7-. The molecule has 0 bridgehead atoms. The fourth-order valence-electron chi connectivity index (χ4n) is 1.21. The molecule has 1 rings (SSSR count). The minimum absolute atomic E-state index is 0.250. The zero-order valence-corrected chi connectivity index (χ0v) is 9.37. The van der Waals surface area contributed by atoms with Gasteiger partial charge in [0.2, 0.25) is 5.78 Å². The molecule has 0 heterocycles. The van der Waals surface area contributed by atoms with Gasteiger partial charge in [-0.15, -0.1) is 0 Å². The Labute approximate surface area is 97.6 Å². The first-order valence-corrected chi connectivity index (χ1v) is 4.74. The summed E-state index contributed by atoms with van der Waals surface area (Å²) in [5.41, 5.74) is -0.695. The average molecular weight is 236 g/mol. The van der Waals surface area contributed by atoms with Crippen molar-refractivity contribution in [3.05, 3.63) is 47.2 Å². The number of nitriles is 1. The van der Waals surface area contributed by atoms with Gasteiger partial charge in [-0.1, -0.05) is 0 Å². The summed E-state index contributed by atoms with van der Waals surface area (Å²) in [7, 11) is 3.24. The number of benzene rings is 1. The Hall–Kier alpha value is -2.22. The molecule has 0 N–H and O–H groups in total. The van der Waals surface area contributed by atoms with E-state index in [0.29, 0.717) is 0 Å². The Balaban J connectivity index is 3.21. The summed E-state index contributed by atoms with van der Waals surface area (Å²) in [5.74, 6) is -2.41. The second-order valence-corrected chi connectivity index (χ2v) is 3.57. The second-order valence-electron chi connectivity index (χ2n) is 3.57. The lowest BCUT2D eigenvalue weighted by Gasteiger charge is -2.06. The van der Waals surface area contributed by atoms with Gasteiger partial charge in [-0.25, -0.2) is 8.78 Å². The predicted molar refractivity (Wildman–Crippen MR) is 58.1 cm³/mol. The summed E-state index contributed by atoms with van der Waals surface area (Å²) in [4.78, 5) is 13.2. The van der Waals surface area contributed by atoms with E-state index < -0.39 is 23.0 Å². The van der Waals surface area contributed by atoms with Crippen LogP contribution in [0.5, 0.6) is 0 Å². The van der Waals surface area contributed by atoms with E-state index in [-0.39, 0.29) is 5.57 Å². The first-order valence-electron chi connectivity index (χ1n) is 4.74. The van der Waals surface area contributed by atoms with Gasteiger partial charge in [0.1, 0.15) is 23.3 Å². The molecule has 17 heavy (non-hydrogen) atoms. The Morgan fingerprint density at radius 3 is 2.59 bits per heavy atom. The molecule has 1 aromatic rings. The number of allylic oxidation sites excluding steroid dienone is 1. The summed E-state index contributed by atoms with van der Waals surface area (Å²) in [6.45, 7) is 0. The molecule has 3 nitrogen and oxygen atoms in total. The molecule has 0 aliphatic carbocycles. The van der Waals surface area contributed by atoms with Crippen molar-refractivity contribution in [1.29, 1.82) is 5.26 Å². The Morgan fingerprint density at radius 2 is 2.06 bits per heavy atom. The Bertz CT molecular complexity index is 516. The Kier molecular flexibility index (Phi) is 3.94. The molecule has 5 heteroatoms. The third-order valence-electron chi connectivity index (χ3n) is 1.93. The van der Waals surface area contributed by atoms with Crippen LogP contribution in [-0.2, 0) is 0 Å². The van der Waals surface area contributed by atoms with Crippen LogP contribution in [0.25, 0.3) is 0 Å². The molecule has 0 saturated carbocycles. The molecular formula is C12H10F2N2O. The molecule has 0 radical (unpaired) electrons. The smallest absolute Gasteiger partial charge is 0.208 e. The van der Waals surface area contributed by atoms with E-state index in [2.05, 4.69) is 0 Å². The lowest BCUT2D eigenvalue weighted by molar-refractivity contribution is 0.103. The van der Waals surface area contributed by atoms with Crippen LogP contribution in [0.3, 0.4) is 0 Å². The monoisotopic (exact) mass is 236 g/mol. The summed E-state index contributed by atoms with van der Waals surface area (Å²) in [6, 6.07) is 4.20. The lowest BCUT2D eigenvalue weighted by Crippen LogP contribution is -2.10. The summed E-state index contributed by atoms with van der Waals surface area (Å²) >= 11 is 0. The molecule has 0 fully saturated rings. The van der Waals surface area contributed by atoms with Crippen molar-refractivity contribution in [2.45, 2.75) is 0 Å². The fourth-order valence-corrected chi connectivity index (χ4v) is 1.21. The van der Waals surface area contributed by atoms with E-state index in [1.54, 1.807) is 20.2 Å². The van der Waals surface area contributed by atoms with Crippen LogP contribution >= 0.6 is 0 Å². The number of nitrogens with zero attached hydrogens (tertiary/aromatic N) is 2. The van der Waals surface area contributed by atoms with Crippen molar-refractivity contribution in [1.82, 2.24) is 4.90 Å². The van der Waals surface area contributed by atoms with Gasteiger partial charge in [-0.3, -0.25) is 4.79 Å². The van der Waals surface area contributed by atoms with Gasteiger partial charge < -0.3 is 4.90 Å². The average Bonchev–Trinajstić information content (AvgIpc) is 2.28. The molecule has 0 aliphatic heterocycles. The predicted octanol–water partition coefficient (Wildman–Crippen LogP) is 2.12. The maximum atomic E-state index is 13.3. The van der Waals surface area contributed by atoms with Crippen LogP contribution in [0.2, 0.25) is 0 Å². The molecule has 88 valence electrons. The van der Waals surface area contributed by atoms with Crippen molar-refractivity contribution in [3.8, 4) is 6.07 Å². The molecule has 0 saturated heterocycles. The van der Waals surface area contributed by atoms with Gasteiger partial charge in [0.25, 0.3) is 0 Å². The van der Waals surface area contributed by atoms with E-state index in [1.165, 1.54) is 11.1 Å². The number of hydrogen-bond donors (Lipinski definition) is 0. The summed E-state index contributed by atoms with van der Waals surface area (Å²) in [6.07, 6.45) is 1.26. The molecule has 0 atom stereocenters. The van der Waals surface area contributed by atoms with Crippen LogP contribution in [0.4, 0.5) is 8.78 Å². The molecule has 0 aliphatic rings. The van der Waals surface area contributed by atoms with Crippen molar-refractivity contribution in [2.24, 2.45) is 0 Å². The highest BCUT2D eigenvalue weighted by molar-refractivity contribution is 6.11. The van der Waals surface area contributed by atoms with Gasteiger partial charge in [-0.05, 0) is 18.2 Å².